The highest BCUT2D eigenvalue weighted by Gasteiger charge is 2.33. The van der Waals surface area contributed by atoms with Gasteiger partial charge in [-0.05, 0) is 6.92 Å². The fraction of sp³-hybridized carbons (Fsp3) is 0.700. The quantitative estimate of drug-likeness (QED) is 0.578. The van der Waals surface area contributed by atoms with E-state index in [-0.39, 0.29) is 19.1 Å². The molecular formula is C10H17N3O5. The molecule has 3 N–H and O–H groups in total. The van der Waals surface area contributed by atoms with E-state index in [1.54, 1.807) is 0 Å². The van der Waals surface area contributed by atoms with Crippen LogP contribution < -0.4 is 10.6 Å². The largest absolute Gasteiger partial charge is 0.480 e. The zero-order valence-electron chi connectivity index (χ0n) is 10.3. The number of hydrogen-bond donors (Lipinski definition) is 3. The van der Waals surface area contributed by atoms with Crippen LogP contribution in [0.4, 0.5) is 4.79 Å². The maximum Gasteiger partial charge on any atom is 0.325 e. The monoisotopic (exact) mass is 259 g/mol. The number of hydrogen-bond acceptors (Lipinski definition) is 4. The fourth-order valence-electron chi connectivity index (χ4n) is 1.56. The third kappa shape index (κ3) is 3.33. The number of nitrogens with zero attached hydrogens (tertiary/aromatic N) is 1. The highest BCUT2D eigenvalue weighted by Crippen LogP contribution is 2.07. The number of rotatable bonds is 3. The van der Waals surface area contributed by atoms with E-state index in [4.69, 9.17) is 9.84 Å². The Kier molecular flexibility index (Phi) is 4.90. The summed E-state index contributed by atoms with van der Waals surface area (Å²) in [6.45, 7) is 2.03. The number of morpholine rings is 1. The first-order chi connectivity index (χ1) is 8.47. The van der Waals surface area contributed by atoms with Gasteiger partial charge in [0, 0.05) is 13.6 Å². The number of likely N-dealkylation sites (N-methyl/N-ethyl adjacent to an activating group) is 1. The molecule has 2 atom stereocenters. The van der Waals surface area contributed by atoms with E-state index >= 15 is 0 Å². The summed E-state index contributed by atoms with van der Waals surface area (Å²) < 4.78 is 5.14. The van der Waals surface area contributed by atoms with Gasteiger partial charge in [-0.1, -0.05) is 0 Å². The van der Waals surface area contributed by atoms with Crippen LogP contribution in [0.5, 0.6) is 0 Å². The summed E-state index contributed by atoms with van der Waals surface area (Å²) in [6, 6.07) is -2.32. The lowest BCUT2D eigenvalue weighted by Crippen LogP contribution is -2.59. The Hall–Kier alpha value is -1.83. The third-order valence-corrected chi connectivity index (χ3v) is 2.65. The summed E-state index contributed by atoms with van der Waals surface area (Å²) in [6.07, 6.45) is 0. The minimum Gasteiger partial charge on any atom is -0.480 e. The van der Waals surface area contributed by atoms with Crippen LogP contribution in [0.2, 0.25) is 0 Å². The van der Waals surface area contributed by atoms with Gasteiger partial charge in [-0.3, -0.25) is 9.59 Å². The van der Waals surface area contributed by atoms with E-state index in [0.29, 0.717) is 6.61 Å². The lowest BCUT2D eigenvalue weighted by Gasteiger charge is -2.34. The summed E-state index contributed by atoms with van der Waals surface area (Å²) in [4.78, 5) is 35.4. The van der Waals surface area contributed by atoms with Gasteiger partial charge in [0.2, 0.25) is 5.91 Å². The molecule has 0 aromatic heterocycles. The Balaban J connectivity index is 2.68. The Bertz CT molecular complexity index is 346. The molecule has 0 spiro atoms. The number of aliphatic carboxylic acids is 1. The molecule has 1 aliphatic rings. The molecule has 0 aromatic carbocycles. The van der Waals surface area contributed by atoms with E-state index in [9.17, 15) is 14.4 Å². The molecule has 0 aromatic rings. The molecule has 1 unspecified atom stereocenters. The van der Waals surface area contributed by atoms with Crippen molar-refractivity contribution in [1.82, 2.24) is 15.5 Å². The molecular weight excluding hydrogens is 242 g/mol. The van der Waals surface area contributed by atoms with Gasteiger partial charge in [-0.2, -0.15) is 0 Å². The van der Waals surface area contributed by atoms with E-state index < -0.39 is 24.1 Å². The van der Waals surface area contributed by atoms with E-state index in [1.165, 1.54) is 18.9 Å². The average molecular weight is 259 g/mol. The predicted octanol–water partition coefficient (Wildman–Crippen LogP) is -1.38. The van der Waals surface area contributed by atoms with Crippen LogP contribution in [-0.4, -0.2) is 66.8 Å². The maximum absolute atomic E-state index is 11.9. The molecule has 3 amide bonds. The van der Waals surface area contributed by atoms with Crippen molar-refractivity contribution in [2.45, 2.75) is 19.0 Å². The second-order valence-corrected chi connectivity index (χ2v) is 3.91. The predicted molar refractivity (Wildman–Crippen MR) is 61.0 cm³/mol. The molecule has 102 valence electrons. The number of carbonyl (C=O) groups is 3. The molecule has 0 radical (unpaired) electrons. The number of amides is 3. The van der Waals surface area contributed by atoms with Gasteiger partial charge in [0.1, 0.15) is 12.1 Å². The third-order valence-electron chi connectivity index (χ3n) is 2.65. The van der Waals surface area contributed by atoms with Gasteiger partial charge in [0.05, 0.1) is 13.2 Å². The molecule has 1 aliphatic heterocycles. The topological polar surface area (TPSA) is 108 Å². The van der Waals surface area contributed by atoms with Crippen molar-refractivity contribution < 1.29 is 24.2 Å². The lowest BCUT2D eigenvalue weighted by atomic mass is 10.2. The number of ether oxygens (including phenoxy) is 1. The Morgan fingerprint density at radius 1 is 1.44 bits per heavy atom. The molecule has 0 bridgehead atoms. The van der Waals surface area contributed by atoms with Crippen molar-refractivity contribution in [1.29, 1.82) is 0 Å². The van der Waals surface area contributed by atoms with Gasteiger partial charge < -0.3 is 25.4 Å². The van der Waals surface area contributed by atoms with E-state index in [0.717, 1.165) is 0 Å². The van der Waals surface area contributed by atoms with Crippen LogP contribution in [0.3, 0.4) is 0 Å². The van der Waals surface area contributed by atoms with Crippen molar-refractivity contribution in [3.05, 3.63) is 0 Å². The Morgan fingerprint density at radius 2 is 2.11 bits per heavy atom. The van der Waals surface area contributed by atoms with Crippen molar-refractivity contribution in [2.24, 2.45) is 0 Å². The van der Waals surface area contributed by atoms with Crippen molar-refractivity contribution in [3.8, 4) is 0 Å². The number of carboxylic acid groups (broad SMARTS) is 1. The molecule has 0 saturated carbocycles. The number of urea groups is 1. The Morgan fingerprint density at radius 3 is 2.67 bits per heavy atom. The van der Waals surface area contributed by atoms with Crippen LogP contribution in [0, 0.1) is 0 Å². The molecule has 8 nitrogen and oxygen atoms in total. The summed E-state index contributed by atoms with van der Waals surface area (Å²) in [5.74, 6) is -1.47. The maximum atomic E-state index is 11.9. The van der Waals surface area contributed by atoms with E-state index in [1.807, 2.05) is 0 Å². The summed E-state index contributed by atoms with van der Waals surface area (Å²) in [7, 11) is 1.47. The second kappa shape index (κ2) is 6.20. The first-order valence-electron chi connectivity index (χ1n) is 5.56. The normalized spacial score (nSPS) is 21.0. The van der Waals surface area contributed by atoms with Crippen LogP contribution in [0.15, 0.2) is 0 Å². The van der Waals surface area contributed by atoms with Crippen LogP contribution in [0.25, 0.3) is 0 Å². The smallest absolute Gasteiger partial charge is 0.325 e. The molecule has 1 rings (SSSR count). The minimum atomic E-state index is -1.13. The van der Waals surface area contributed by atoms with Crippen LogP contribution in [0.1, 0.15) is 6.92 Å². The molecule has 1 heterocycles. The first-order valence-corrected chi connectivity index (χ1v) is 5.56. The lowest BCUT2D eigenvalue weighted by molar-refractivity contribution is -0.138. The fourth-order valence-corrected chi connectivity index (χ4v) is 1.56. The van der Waals surface area contributed by atoms with Crippen LogP contribution >= 0.6 is 0 Å². The number of nitrogens with one attached hydrogen (secondary N) is 2. The van der Waals surface area contributed by atoms with Gasteiger partial charge >= 0.3 is 12.0 Å². The Labute approximate surface area is 104 Å². The highest BCUT2D eigenvalue weighted by atomic mass is 16.5. The molecule has 8 heteroatoms. The SMILES string of the molecule is CNC(=O)C1COCCN1C(=O)N[C@@H](C)C(=O)O. The van der Waals surface area contributed by atoms with Gasteiger partial charge in [0.25, 0.3) is 0 Å². The first kappa shape index (κ1) is 14.2. The molecule has 18 heavy (non-hydrogen) atoms. The zero-order valence-corrected chi connectivity index (χ0v) is 10.3. The minimum absolute atomic E-state index is 0.106. The summed E-state index contributed by atoms with van der Waals surface area (Å²) >= 11 is 0. The van der Waals surface area contributed by atoms with Crippen molar-refractivity contribution in [2.75, 3.05) is 26.8 Å². The summed E-state index contributed by atoms with van der Waals surface area (Å²) in [5.41, 5.74) is 0. The van der Waals surface area contributed by atoms with Gasteiger partial charge in [0.15, 0.2) is 0 Å². The van der Waals surface area contributed by atoms with Crippen molar-refractivity contribution >= 4 is 17.9 Å². The van der Waals surface area contributed by atoms with Crippen molar-refractivity contribution in [3.63, 3.8) is 0 Å². The summed E-state index contributed by atoms with van der Waals surface area (Å²) in [5, 5.41) is 13.5. The average Bonchev–Trinajstić information content (AvgIpc) is 2.37. The van der Waals surface area contributed by atoms with Gasteiger partial charge in [-0.25, -0.2) is 4.79 Å². The van der Waals surface area contributed by atoms with Crippen LogP contribution in [-0.2, 0) is 14.3 Å². The number of carbonyl (C=O) groups excluding carboxylic acids is 2. The zero-order chi connectivity index (χ0) is 13.7. The number of carboxylic acids is 1. The van der Waals surface area contributed by atoms with E-state index in [2.05, 4.69) is 10.6 Å². The second-order valence-electron chi connectivity index (χ2n) is 3.91. The molecule has 1 saturated heterocycles. The molecule has 1 fully saturated rings. The van der Waals surface area contributed by atoms with Gasteiger partial charge in [-0.15, -0.1) is 0 Å². The molecule has 0 aliphatic carbocycles. The highest BCUT2D eigenvalue weighted by molar-refractivity contribution is 5.88. The standard InChI is InChI=1S/C10H17N3O5/c1-6(9(15)16)12-10(17)13-3-4-18-5-7(13)8(14)11-2/h6-7H,3-5H2,1-2H3,(H,11,14)(H,12,17)(H,15,16)/t6-,7?/m0/s1.